The molecular weight excluding hydrogens is 236 g/mol. The number of carbonyl (C=O) groups excluding carboxylic acids is 1. The number of hydrogen-bond acceptors (Lipinski definition) is 2. The summed E-state index contributed by atoms with van der Waals surface area (Å²) in [5, 5.41) is 0. The van der Waals surface area contributed by atoms with Crippen LogP contribution in [0.15, 0.2) is 6.07 Å². The lowest BCUT2D eigenvalue weighted by Gasteiger charge is -2.23. The number of rotatable bonds is 3. The molecular formula is C17H24O2. The molecule has 0 bridgehead atoms. The molecule has 1 fully saturated rings. The van der Waals surface area contributed by atoms with Crippen molar-refractivity contribution >= 4 is 5.78 Å². The highest BCUT2D eigenvalue weighted by Crippen LogP contribution is 2.33. The third kappa shape index (κ3) is 2.68. The average Bonchev–Trinajstić information content (AvgIpc) is 2.43. The molecule has 0 N–H and O–H groups in total. The standard InChI is InChI=1S/C17H24O2/c1-11-10-15(19-4)12(2)13(3)16(11)17(18)14-8-6-5-7-9-14/h10,14H,5-9H2,1-4H3. The fourth-order valence-corrected chi connectivity index (χ4v) is 3.21. The highest BCUT2D eigenvalue weighted by molar-refractivity contribution is 6.01. The van der Waals surface area contributed by atoms with Crippen LogP contribution in [0.3, 0.4) is 0 Å². The molecule has 1 aliphatic rings. The minimum absolute atomic E-state index is 0.235. The van der Waals surface area contributed by atoms with Crippen molar-refractivity contribution in [2.75, 3.05) is 7.11 Å². The summed E-state index contributed by atoms with van der Waals surface area (Å²) in [6, 6.07) is 2.00. The fourth-order valence-electron chi connectivity index (χ4n) is 3.21. The van der Waals surface area contributed by atoms with Gasteiger partial charge in [-0.1, -0.05) is 19.3 Å². The second-order valence-electron chi connectivity index (χ2n) is 5.72. The molecule has 0 spiro atoms. The smallest absolute Gasteiger partial charge is 0.166 e. The minimum Gasteiger partial charge on any atom is -0.496 e. The number of ketones is 1. The van der Waals surface area contributed by atoms with E-state index >= 15 is 0 Å². The monoisotopic (exact) mass is 260 g/mol. The van der Waals surface area contributed by atoms with Crippen molar-refractivity contribution in [3.8, 4) is 5.75 Å². The maximum Gasteiger partial charge on any atom is 0.166 e. The van der Waals surface area contributed by atoms with Gasteiger partial charge in [-0.25, -0.2) is 0 Å². The van der Waals surface area contributed by atoms with Gasteiger partial charge < -0.3 is 4.74 Å². The van der Waals surface area contributed by atoms with Crippen molar-refractivity contribution in [1.82, 2.24) is 0 Å². The summed E-state index contributed by atoms with van der Waals surface area (Å²) in [5.41, 5.74) is 4.17. The SMILES string of the molecule is COc1cc(C)c(C(=O)C2CCCCC2)c(C)c1C. The molecule has 1 aromatic carbocycles. The number of ether oxygens (including phenoxy) is 1. The van der Waals surface area contributed by atoms with E-state index in [0.717, 1.165) is 40.8 Å². The lowest BCUT2D eigenvalue weighted by Crippen LogP contribution is -2.20. The zero-order chi connectivity index (χ0) is 14.0. The van der Waals surface area contributed by atoms with Crippen LogP contribution in [0.1, 0.15) is 59.2 Å². The Morgan fingerprint density at radius 2 is 1.74 bits per heavy atom. The number of methoxy groups -OCH3 is 1. The van der Waals surface area contributed by atoms with E-state index in [0.29, 0.717) is 5.78 Å². The second-order valence-corrected chi connectivity index (χ2v) is 5.72. The van der Waals surface area contributed by atoms with Crippen molar-refractivity contribution in [2.24, 2.45) is 5.92 Å². The Hall–Kier alpha value is -1.31. The molecule has 0 amide bonds. The molecule has 0 unspecified atom stereocenters. The van der Waals surface area contributed by atoms with E-state index in [2.05, 4.69) is 0 Å². The van der Waals surface area contributed by atoms with Crippen LogP contribution in [0.4, 0.5) is 0 Å². The predicted octanol–water partition coefficient (Wildman–Crippen LogP) is 4.38. The van der Waals surface area contributed by atoms with Gasteiger partial charge in [0.25, 0.3) is 0 Å². The van der Waals surface area contributed by atoms with Gasteiger partial charge in [0.2, 0.25) is 0 Å². The molecule has 1 saturated carbocycles. The molecule has 19 heavy (non-hydrogen) atoms. The third-order valence-electron chi connectivity index (χ3n) is 4.49. The summed E-state index contributed by atoms with van der Waals surface area (Å²) in [4.78, 5) is 12.8. The molecule has 0 aromatic heterocycles. The third-order valence-corrected chi connectivity index (χ3v) is 4.49. The number of carbonyl (C=O) groups is 1. The Labute approximate surface area is 116 Å². The van der Waals surface area contributed by atoms with Crippen molar-refractivity contribution in [3.63, 3.8) is 0 Å². The molecule has 0 heterocycles. The minimum atomic E-state index is 0.235. The van der Waals surface area contributed by atoms with Crippen LogP contribution in [-0.2, 0) is 0 Å². The molecule has 104 valence electrons. The molecule has 0 aliphatic heterocycles. The fraction of sp³-hybridized carbons (Fsp3) is 0.588. The van der Waals surface area contributed by atoms with Crippen LogP contribution in [-0.4, -0.2) is 12.9 Å². The van der Waals surface area contributed by atoms with Gasteiger partial charge in [0.1, 0.15) is 5.75 Å². The van der Waals surface area contributed by atoms with Gasteiger partial charge in [0.05, 0.1) is 7.11 Å². The number of benzene rings is 1. The average molecular weight is 260 g/mol. The Bertz CT molecular complexity index is 483. The summed E-state index contributed by atoms with van der Waals surface area (Å²) in [6.07, 6.45) is 5.79. The van der Waals surface area contributed by atoms with Gasteiger partial charge >= 0.3 is 0 Å². The zero-order valence-corrected chi connectivity index (χ0v) is 12.5. The topological polar surface area (TPSA) is 26.3 Å². The van der Waals surface area contributed by atoms with Crippen molar-refractivity contribution in [2.45, 2.75) is 52.9 Å². The molecule has 2 rings (SSSR count). The normalized spacial score (nSPS) is 16.4. The summed E-state index contributed by atoms with van der Waals surface area (Å²) in [6.45, 7) is 6.09. The summed E-state index contributed by atoms with van der Waals surface area (Å²) < 4.78 is 5.38. The van der Waals surface area contributed by atoms with E-state index in [9.17, 15) is 4.79 Å². The quantitative estimate of drug-likeness (QED) is 0.754. The Morgan fingerprint density at radius 1 is 1.11 bits per heavy atom. The van der Waals surface area contributed by atoms with E-state index in [1.807, 2.05) is 26.8 Å². The van der Waals surface area contributed by atoms with Gasteiger partial charge in [0, 0.05) is 11.5 Å². The Balaban J connectivity index is 2.38. The zero-order valence-electron chi connectivity index (χ0n) is 12.5. The molecule has 1 aromatic rings. The number of hydrogen-bond donors (Lipinski definition) is 0. The van der Waals surface area contributed by atoms with Gasteiger partial charge in [-0.05, 0) is 56.4 Å². The highest BCUT2D eigenvalue weighted by Gasteiger charge is 2.26. The van der Waals surface area contributed by atoms with Crippen LogP contribution in [0.2, 0.25) is 0 Å². The Kier molecular flexibility index (Phi) is 4.28. The van der Waals surface area contributed by atoms with Crippen molar-refractivity contribution in [1.29, 1.82) is 0 Å². The van der Waals surface area contributed by atoms with E-state index in [-0.39, 0.29) is 5.92 Å². The van der Waals surface area contributed by atoms with Crippen LogP contribution in [0, 0.1) is 26.7 Å². The lowest BCUT2D eigenvalue weighted by atomic mass is 9.81. The largest absolute Gasteiger partial charge is 0.496 e. The van der Waals surface area contributed by atoms with Gasteiger partial charge in [-0.15, -0.1) is 0 Å². The molecule has 0 radical (unpaired) electrons. The summed E-state index contributed by atoms with van der Waals surface area (Å²) >= 11 is 0. The van der Waals surface area contributed by atoms with Crippen LogP contribution in [0.5, 0.6) is 5.75 Å². The maximum atomic E-state index is 12.8. The molecule has 0 atom stereocenters. The maximum absolute atomic E-state index is 12.8. The first-order valence-electron chi connectivity index (χ1n) is 7.25. The summed E-state index contributed by atoms with van der Waals surface area (Å²) in [5.74, 6) is 1.47. The van der Waals surface area contributed by atoms with E-state index in [1.54, 1.807) is 7.11 Å². The molecule has 0 saturated heterocycles. The second kappa shape index (κ2) is 5.77. The van der Waals surface area contributed by atoms with E-state index in [4.69, 9.17) is 4.74 Å². The van der Waals surface area contributed by atoms with E-state index < -0.39 is 0 Å². The first-order chi connectivity index (χ1) is 9.06. The van der Waals surface area contributed by atoms with Crippen LogP contribution in [0.25, 0.3) is 0 Å². The van der Waals surface area contributed by atoms with Gasteiger partial charge in [0.15, 0.2) is 5.78 Å². The van der Waals surface area contributed by atoms with E-state index in [1.165, 1.54) is 19.3 Å². The summed E-state index contributed by atoms with van der Waals surface area (Å²) in [7, 11) is 1.68. The highest BCUT2D eigenvalue weighted by atomic mass is 16.5. The Morgan fingerprint density at radius 3 is 2.32 bits per heavy atom. The van der Waals surface area contributed by atoms with Crippen LogP contribution >= 0.6 is 0 Å². The number of aryl methyl sites for hydroxylation is 1. The number of Topliss-reactive ketones (excluding diaryl/α,β-unsaturated/α-hetero) is 1. The molecule has 2 nitrogen and oxygen atoms in total. The van der Waals surface area contributed by atoms with Crippen molar-refractivity contribution in [3.05, 3.63) is 28.3 Å². The first kappa shape index (κ1) is 14.1. The predicted molar refractivity (Wildman–Crippen MR) is 78.1 cm³/mol. The lowest BCUT2D eigenvalue weighted by molar-refractivity contribution is 0.0888. The van der Waals surface area contributed by atoms with Crippen molar-refractivity contribution < 1.29 is 9.53 Å². The van der Waals surface area contributed by atoms with Crippen LogP contribution < -0.4 is 4.74 Å². The molecule has 1 aliphatic carbocycles. The van der Waals surface area contributed by atoms with Gasteiger partial charge in [-0.3, -0.25) is 4.79 Å². The van der Waals surface area contributed by atoms with Gasteiger partial charge in [-0.2, -0.15) is 0 Å². The first-order valence-corrected chi connectivity index (χ1v) is 7.25. The molecule has 2 heteroatoms.